The van der Waals surface area contributed by atoms with E-state index < -0.39 is 80.4 Å². The quantitative estimate of drug-likeness (QED) is 0.160. The molecule has 2 fully saturated rings. The van der Waals surface area contributed by atoms with E-state index in [0.717, 1.165) is 11.1 Å². The van der Waals surface area contributed by atoms with Gasteiger partial charge in [0.15, 0.2) is 0 Å². The maximum Gasteiger partial charge on any atom is 0.251 e. The normalized spacial score (nSPS) is 35.1. The first-order valence-electron chi connectivity index (χ1n) is 12.8. The van der Waals surface area contributed by atoms with E-state index in [0.29, 0.717) is 5.56 Å². The van der Waals surface area contributed by atoms with Crippen LogP contribution in [0.1, 0.15) is 10.4 Å². The molecule has 0 bridgehead atoms. The molecule has 11 unspecified atom stereocenters. The van der Waals surface area contributed by atoms with Gasteiger partial charge in [0, 0.05) is 18.5 Å². The zero-order valence-corrected chi connectivity index (χ0v) is 21.6. The number of aliphatic hydroxyl groups excluding tert-OH is 8. The largest absolute Gasteiger partial charge is 0.462 e. The Hall–Kier alpha value is -2.69. The molecule has 0 spiro atoms. The molecule has 0 aromatic heterocycles. The second kappa shape index (κ2) is 12.9. The highest BCUT2D eigenvalue weighted by molar-refractivity contribution is 5.95. The molecule has 13 heteroatoms. The van der Waals surface area contributed by atoms with Gasteiger partial charge in [0.05, 0.1) is 25.4 Å². The molecule has 0 aliphatic carbocycles. The first-order chi connectivity index (χ1) is 19.1. The summed E-state index contributed by atoms with van der Waals surface area (Å²) >= 11 is 0. The molecule has 1 amide bonds. The van der Waals surface area contributed by atoms with Crippen molar-refractivity contribution in [2.45, 2.75) is 61.2 Å². The summed E-state index contributed by atoms with van der Waals surface area (Å²) < 4.78 is 16.7. The van der Waals surface area contributed by atoms with Crippen LogP contribution in [-0.4, -0.2) is 128 Å². The maximum atomic E-state index is 12.0. The van der Waals surface area contributed by atoms with Crippen LogP contribution in [0.3, 0.4) is 0 Å². The molecule has 2 saturated heterocycles. The van der Waals surface area contributed by atoms with Gasteiger partial charge in [0.25, 0.3) is 5.91 Å². The molecule has 2 aliphatic heterocycles. The van der Waals surface area contributed by atoms with Gasteiger partial charge in [-0.25, -0.2) is 0 Å². The lowest BCUT2D eigenvalue weighted by Gasteiger charge is -2.48. The van der Waals surface area contributed by atoms with Crippen molar-refractivity contribution in [1.82, 2.24) is 5.32 Å². The average molecular weight is 566 g/mol. The molecule has 2 aliphatic rings. The topological polar surface area (TPSA) is 219 Å². The van der Waals surface area contributed by atoms with E-state index in [4.69, 9.17) is 14.2 Å². The first kappa shape index (κ1) is 30.3. The Morgan fingerprint density at radius 1 is 0.850 bits per heavy atom. The fraction of sp³-hybridized carbons (Fsp3) is 0.519. The zero-order chi connectivity index (χ0) is 29.1. The summed E-state index contributed by atoms with van der Waals surface area (Å²) in [5.74, 6) is -1.49. The number of hydrogen-bond donors (Lipinski definition) is 9. The van der Waals surface area contributed by atoms with E-state index in [1.807, 2.05) is 6.07 Å². The number of benzene rings is 2. The van der Waals surface area contributed by atoms with Crippen molar-refractivity contribution in [2.24, 2.45) is 5.92 Å². The summed E-state index contributed by atoms with van der Waals surface area (Å²) in [4.78, 5) is 12.0. The Labute approximate surface area is 229 Å². The van der Waals surface area contributed by atoms with Gasteiger partial charge in [0.2, 0.25) is 6.29 Å². The minimum Gasteiger partial charge on any atom is -0.462 e. The van der Waals surface area contributed by atoms with Crippen molar-refractivity contribution in [1.29, 1.82) is 0 Å². The zero-order valence-electron chi connectivity index (χ0n) is 21.6. The molecule has 220 valence electrons. The molecule has 0 radical (unpaired) electrons. The summed E-state index contributed by atoms with van der Waals surface area (Å²) in [5, 5.41) is 85.3. The first-order valence-corrected chi connectivity index (χ1v) is 12.8. The van der Waals surface area contributed by atoms with Gasteiger partial charge in [0.1, 0.15) is 48.5 Å². The van der Waals surface area contributed by atoms with E-state index in [-0.39, 0.29) is 11.7 Å². The molecular weight excluding hydrogens is 530 g/mol. The van der Waals surface area contributed by atoms with Crippen LogP contribution in [0.5, 0.6) is 5.75 Å². The minimum absolute atomic E-state index is 0.230. The third-order valence-corrected chi connectivity index (χ3v) is 7.39. The Morgan fingerprint density at radius 2 is 1.50 bits per heavy atom. The third kappa shape index (κ3) is 5.99. The van der Waals surface area contributed by atoms with Crippen LogP contribution in [0.25, 0.3) is 11.1 Å². The average Bonchev–Trinajstić information content (AvgIpc) is 2.97. The van der Waals surface area contributed by atoms with Gasteiger partial charge in [-0.1, -0.05) is 24.3 Å². The van der Waals surface area contributed by atoms with Gasteiger partial charge in [-0.2, -0.15) is 0 Å². The standard InChI is InChI=1S/C27H35NO12/c1-28-26(37)14-4-2-3-13(9-14)12-5-7-15(8-6-12)38-27-22(34)18(19(31)16(10-29)40-27)21(33)25-24(36)23(35)20(32)17(11-30)39-25/h2-9,16-25,27,29-36H,10-11H2,1H3,(H,28,37). The molecule has 40 heavy (non-hydrogen) atoms. The molecule has 0 saturated carbocycles. The monoisotopic (exact) mass is 565 g/mol. The Bertz CT molecular complexity index is 1130. The summed E-state index contributed by atoms with van der Waals surface area (Å²) in [6.07, 6.45) is -16.2. The molecule has 13 nitrogen and oxygen atoms in total. The number of hydrogen-bond acceptors (Lipinski definition) is 12. The second-order valence-electron chi connectivity index (χ2n) is 9.87. The lowest BCUT2D eigenvalue weighted by Crippen LogP contribution is -2.67. The molecule has 9 N–H and O–H groups in total. The number of carbonyl (C=O) groups is 1. The van der Waals surface area contributed by atoms with Crippen LogP contribution in [0.4, 0.5) is 0 Å². The van der Waals surface area contributed by atoms with E-state index in [1.165, 1.54) is 7.05 Å². The predicted molar refractivity (Wildman–Crippen MR) is 137 cm³/mol. The smallest absolute Gasteiger partial charge is 0.251 e. The van der Waals surface area contributed by atoms with E-state index in [2.05, 4.69) is 5.32 Å². The summed E-state index contributed by atoms with van der Waals surface area (Å²) in [6.45, 7) is -1.43. The molecular formula is C27H35NO12. The van der Waals surface area contributed by atoms with Gasteiger partial charge >= 0.3 is 0 Å². The second-order valence-corrected chi connectivity index (χ2v) is 9.87. The van der Waals surface area contributed by atoms with Gasteiger partial charge in [-0.3, -0.25) is 4.79 Å². The van der Waals surface area contributed by atoms with Crippen LogP contribution in [0.2, 0.25) is 0 Å². The number of rotatable bonds is 8. The fourth-order valence-electron chi connectivity index (χ4n) is 5.09. The highest BCUT2D eigenvalue weighted by Gasteiger charge is 2.54. The van der Waals surface area contributed by atoms with Crippen LogP contribution in [0.15, 0.2) is 48.5 Å². The number of carbonyl (C=O) groups excluding carboxylic acids is 1. The van der Waals surface area contributed by atoms with Crippen molar-refractivity contribution in [2.75, 3.05) is 20.3 Å². The van der Waals surface area contributed by atoms with Crippen LogP contribution < -0.4 is 10.1 Å². The van der Waals surface area contributed by atoms with Crippen molar-refractivity contribution < 1.29 is 59.9 Å². The van der Waals surface area contributed by atoms with Gasteiger partial charge < -0.3 is 60.4 Å². The Balaban J connectivity index is 1.52. The fourth-order valence-corrected chi connectivity index (χ4v) is 5.09. The number of aliphatic hydroxyl groups is 8. The van der Waals surface area contributed by atoms with Crippen LogP contribution in [0, 0.1) is 5.92 Å². The van der Waals surface area contributed by atoms with E-state index >= 15 is 0 Å². The molecule has 4 rings (SSSR count). The Morgan fingerprint density at radius 3 is 2.12 bits per heavy atom. The maximum absolute atomic E-state index is 12.0. The lowest BCUT2D eigenvalue weighted by molar-refractivity contribution is -0.301. The van der Waals surface area contributed by atoms with Crippen molar-refractivity contribution in [3.8, 4) is 16.9 Å². The minimum atomic E-state index is -1.84. The molecule has 2 aromatic carbocycles. The van der Waals surface area contributed by atoms with E-state index in [9.17, 15) is 45.6 Å². The lowest BCUT2D eigenvalue weighted by atomic mass is 9.79. The molecule has 2 aromatic rings. The Kier molecular flexibility index (Phi) is 9.74. The number of amides is 1. The van der Waals surface area contributed by atoms with Crippen LogP contribution >= 0.6 is 0 Å². The number of ether oxygens (including phenoxy) is 3. The molecule has 2 heterocycles. The van der Waals surface area contributed by atoms with Gasteiger partial charge in [-0.15, -0.1) is 0 Å². The summed E-state index contributed by atoms with van der Waals surface area (Å²) in [6, 6.07) is 13.6. The SMILES string of the molecule is CNC(=O)c1cccc(-c2ccc(OC3OC(CO)C(O)C(C(O)C4OC(CO)C(O)C(O)C4O)C3O)cc2)c1. The van der Waals surface area contributed by atoms with Crippen molar-refractivity contribution in [3.05, 3.63) is 54.1 Å². The number of nitrogens with one attached hydrogen (secondary N) is 1. The predicted octanol–water partition coefficient (Wildman–Crippen LogP) is -2.65. The van der Waals surface area contributed by atoms with Crippen molar-refractivity contribution >= 4 is 5.91 Å². The third-order valence-electron chi connectivity index (χ3n) is 7.39. The highest BCUT2D eigenvalue weighted by atomic mass is 16.7. The van der Waals surface area contributed by atoms with E-state index in [1.54, 1.807) is 42.5 Å². The van der Waals surface area contributed by atoms with Crippen molar-refractivity contribution in [3.63, 3.8) is 0 Å². The van der Waals surface area contributed by atoms with Gasteiger partial charge in [-0.05, 0) is 35.4 Å². The summed E-state index contributed by atoms with van der Waals surface area (Å²) in [7, 11) is 1.54. The summed E-state index contributed by atoms with van der Waals surface area (Å²) in [5.41, 5.74) is 2.02. The van der Waals surface area contributed by atoms with Crippen LogP contribution in [-0.2, 0) is 9.47 Å². The molecule has 11 atom stereocenters. The highest BCUT2D eigenvalue weighted by Crippen LogP contribution is 2.35.